The highest BCUT2D eigenvalue weighted by atomic mass is 32.1. The van der Waals surface area contributed by atoms with E-state index in [1.165, 1.54) is 20.0 Å². The number of hydrogen-bond acceptors (Lipinski definition) is 7. The van der Waals surface area contributed by atoms with Crippen LogP contribution in [0.2, 0.25) is 0 Å². The fraction of sp³-hybridized carbons (Fsp3) is 0.167. The Bertz CT molecular complexity index is 980. The number of imidazole rings is 1. The van der Waals surface area contributed by atoms with E-state index in [0.29, 0.717) is 5.69 Å². The highest BCUT2D eigenvalue weighted by Gasteiger charge is 2.38. The molecule has 3 aromatic rings. The highest BCUT2D eigenvalue weighted by molar-refractivity contribution is 7.15. The van der Waals surface area contributed by atoms with Gasteiger partial charge in [-0.2, -0.15) is 0 Å². The van der Waals surface area contributed by atoms with Crippen LogP contribution in [0, 0.1) is 0 Å². The first-order chi connectivity index (χ1) is 12.4. The summed E-state index contributed by atoms with van der Waals surface area (Å²) in [4.78, 5) is 29.3. The molecular weight excluding hydrogens is 354 g/mol. The molecule has 1 aromatic carbocycles. The molecular formula is C18H15N3O4S. The third kappa shape index (κ3) is 3.06. The minimum atomic E-state index is -1.24. The summed E-state index contributed by atoms with van der Waals surface area (Å²) in [5, 5.41) is 4.90. The van der Waals surface area contributed by atoms with Crippen LogP contribution in [0.4, 0.5) is 5.69 Å². The number of fused-ring (bicyclic) bond motifs is 1. The molecule has 7 nitrogen and oxygen atoms in total. The Kier molecular flexibility index (Phi) is 3.77. The largest absolute Gasteiger partial charge is 0.419 e. The van der Waals surface area contributed by atoms with Gasteiger partial charge in [0.15, 0.2) is 10.5 Å². The molecule has 1 fully saturated rings. The van der Waals surface area contributed by atoms with Gasteiger partial charge in [0.05, 0.1) is 5.69 Å². The number of carbonyl (C=O) groups excluding carboxylic acids is 2. The molecule has 0 unspecified atom stereocenters. The van der Waals surface area contributed by atoms with Crippen molar-refractivity contribution in [2.75, 3.05) is 5.32 Å². The van der Waals surface area contributed by atoms with Crippen molar-refractivity contribution in [2.45, 2.75) is 19.6 Å². The Morgan fingerprint density at radius 2 is 1.85 bits per heavy atom. The van der Waals surface area contributed by atoms with Crippen LogP contribution in [-0.2, 0) is 19.1 Å². The van der Waals surface area contributed by atoms with Crippen molar-refractivity contribution < 1.29 is 19.1 Å². The van der Waals surface area contributed by atoms with Crippen LogP contribution in [-0.4, -0.2) is 27.1 Å². The second kappa shape index (κ2) is 5.99. The number of ether oxygens (including phenoxy) is 2. The molecule has 8 heteroatoms. The SMILES string of the molecule is CC1(C)OC(=O)C(=CNc2ccc(-c3cn4ccsc4n3)cc2)C(=O)O1. The van der Waals surface area contributed by atoms with E-state index >= 15 is 0 Å². The van der Waals surface area contributed by atoms with Gasteiger partial charge in [-0.05, 0) is 12.1 Å². The summed E-state index contributed by atoms with van der Waals surface area (Å²) in [5.74, 6) is -2.67. The van der Waals surface area contributed by atoms with Gasteiger partial charge in [-0.3, -0.25) is 4.40 Å². The van der Waals surface area contributed by atoms with Crippen molar-refractivity contribution in [3.05, 3.63) is 53.8 Å². The number of aromatic nitrogens is 2. The Hall–Kier alpha value is -3.13. The number of carbonyl (C=O) groups is 2. The lowest BCUT2D eigenvalue weighted by Crippen LogP contribution is -2.42. The number of esters is 2. The van der Waals surface area contributed by atoms with Gasteiger partial charge in [-0.25, -0.2) is 14.6 Å². The van der Waals surface area contributed by atoms with Gasteiger partial charge < -0.3 is 14.8 Å². The maximum Gasteiger partial charge on any atom is 0.350 e. The maximum absolute atomic E-state index is 11.9. The highest BCUT2D eigenvalue weighted by Crippen LogP contribution is 2.25. The third-order valence-electron chi connectivity index (χ3n) is 3.77. The topological polar surface area (TPSA) is 81.9 Å². The number of cyclic esters (lactones) is 2. The van der Waals surface area contributed by atoms with Crippen molar-refractivity contribution in [3.63, 3.8) is 0 Å². The molecule has 0 radical (unpaired) electrons. The van der Waals surface area contributed by atoms with Gasteiger partial charge in [0.2, 0.25) is 0 Å². The van der Waals surface area contributed by atoms with Crippen LogP contribution in [0.25, 0.3) is 16.2 Å². The van der Waals surface area contributed by atoms with Crippen molar-refractivity contribution in [2.24, 2.45) is 0 Å². The first kappa shape index (κ1) is 16.3. The molecule has 26 heavy (non-hydrogen) atoms. The summed E-state index contributed by atoms with van der Waals surface area (Å²) in [6.45, 7) is 3.01. The van der Waals surface area contributed by atoms with Gasteiger partial charge in [0, 0.05) is 49.1 Å². The molecule has 0 aliphatic carbocycles. The zero-order valence-electron chi connectivity index (χ0n) is 14.1. The monoisotopic (exact) mass is 369 g/mol. The second-order valence-corrected chi connectivity index (χ2v) is 7.05. The molecule has 0 atom stereocenters. The number of benzene rings is 1. The molecule has 0 amide bonds. The van der Waals surface area contributed by atoms with Crippen molar-refractivity contribution in [3.8, 4) is 11.3 Å². The maximum atomic E-state index is 11.9. The number of nitrogens with one attached hydrogen (secondary N) is 1. The molecule has 0 spiro atoms. The molecule has 0 saturated carbocycles. The first-order valence-electron chi connectivity index (χ1n) is 7.87. The summed E-state index contributed by atoms with van der Waals surface area (Å²) >= 11 is 1.57. The van der Waals surface area contributed by atoms with Crippen LogP contribution in [0.15, 0.2) is 53.8 Å². The molecule has 1 aliphatic heterocycles. The molecule has 3 heterocycles. The number of hydrogen-bond donors (Lipinski definition) is 1. The lowest BCUT2D eigenvalue weighted by atomic mass is 10.1. The van der Waals surface area contributed by atoms with Gasteiger partial charge >= 0.3 is 11.9 Å². The van der Waals surface area contributed by atoms with E-state index in [-0.39, 0.29) is 5.57 Å². The fourth-order valence-electron chi connectivity index (χ4n) is 2.54. The quantitative estimate of drug-likeness (QED) is 0.434. The first-order valence-corrected chi connectivity index (χ1v) is 8.75. The summed E-state index contributed by atoms with van der Waals surface area (Å²) in [5.41, 5.74) is 2.39. The second-order valence-electron chi connectivity index (χ2n) is 6.18. The Morgan fingerprint density at radius 1 is 1.15 bits per heavy atom. The average Bonchev–Trinajstić information content (AvgIpc) is 3.15. The zero-order chi connectivity index (χ0) is 18.3. The van der Waals surface area contributed by atoms with E-state index in [4.69, 9.17) is 9.47 Å². The normalized spacial score (nSPS) is 16.3. The predicted octanol–water partition coefficient (Wildman–Crippen LogP) is 3.19. The van der Waals surface area contributed by atoms with Crippen LogP contribution >= 0.6 is 11.3 Å². The molecule has 0 bridgehead atoms. The molecule has 1 saturated heterocycles. The van der Waals surface area contributed by atoms with E-state index in [9.17, 15) is 9.59 Å². The van der Waals surface area contributed by atoms with E-state index in [0.717, 1.165) is 16.2 Å². The molecule has 1 N–H and O–H groups in total. The number of thiazole rings is 1. The Balaban J connectivity index is 1.50. The predicted molar refractivity (Wildman–Crippen MR) is 96.5 cm³/mol. The van der Waals surface area contributed by atoms with Crippen molar-refractivity contribution in [1.82, 2.24) is 9.38 Å². The van der Waals surface area contributed by atoms with Gasteiger partial charge in [-0.15, -0.1) is 11.3 Å². The number of anilines is 1. The summed E-state index contributed by atoms with van der Waals surface area (Å²) in [7, 11) is 0. The van der Waals surface area contributed by atoms with Crippen LogP contribution in [0.5, 0.6) is 0 Å². The van der Waals surface area contributed by atoms with E-state index in [2.05, 4.69) is 10.3 Å². The smallest absolute Gasteiger partial charge is 0.350 e. The van der Waals surface area contributed by atoms with E-state index < -0.39 is 17.7 Å². The average molecular weight is 369 g/mol. The fourth-order valence-corrected chi connectivity index (χ4v) is 3.24. The third-order valence-corrected chi connectivity index (χ3v) is 4.54. The Morgan fingerprint density at radius 3 is 2.50 bits per heavy atom. The Labute approximate surface area is 152 Å². The summed E-state index contributed by atoms with van der Waals surface area (Å²) in [6, 6.07) is 7.49. The zero-order valence-corrected chi connectivity index (χ0v) is 14.9. The van der Waals surface area contributed by atoms with Crippen molar-refractivity contribution >= 4 is 33.9 Å². The standard InChI is InChI=1S/C18H15N3O4S/c1-18(2)24-15(22)13(16(23)25-18)9-19-12-5-3-11(4-6-12)14-10-21-7-8-26-17(21)20-14/h3-10,19H,1-2H3. The molecule has 4 rings (SSSR count). The van der Waals surface area contributed by atoms with Gasteiger partial charge in [0.1, 0.15) is 0 Å². The summed E-state index contributed by atoms with van der Waals surface area (Å²) < 4.78 is 12.1. The molecule has 132 valence electrons. The van der Waals surface area contributed by atoms with Crippen LogP contribution in [0.3, 0.4) is 0 Å². The minimum absolute atomic E-state index is 0.178. The number of rotatable bonds is 3. The lowest BCUT2D eigenvalue weighted by Gasteiger charge is -2.29. The molecule has 2 aromatic heterocycles. The molecule has 1 aliphatic rings. The van der Waals surface area contributed by atoms with E-state index in [1.807, 2.05) is 46.4 Å². The van der Waals surface area contributed by atoms with Crippen LogP contribution in [0.1, 0.15) is 13.8 Å². The van der Waals surface area contributed by atoms with Gasteiger partial charge in [-0.1, -0.05) is 12.1 Å². The van der Waals surface area contributed by atoms with Gasteiger partial charge in [0.25, 0.3) is 5.79 Å². The lowest BCUT2D eigenvalue weighted by molar-refractivity contribution is -0.222. The van der Waals surface area contributed by atoms with E-state index in [1.54, 1.807) is 11.3 Å². The number of nitrogens with zero attached hydrogens (tertiary/aromatic N) is 2. The minimum Gasteiger partial charge on any atom is -0.419 e. The van der Waals surface area contributed by atoms with Crippen LogP contribution < -0.4 is 5.32 Å². The summed E-state index contributed by atoms with van der Waals surface area (Å²) in [6.07, 6.45) is 5.22. The van der Waals surface area contributed by atoms with Crippen molar-refractivity contribution in [1.29, 1.82) is 0 Å².